The van der Waals surface area contributed by atoms with Gasteiger partial charge in [0.2, 0.25) is 0 Å². The molecule has 0 aromatic carbocycles. The normalized spacial score (nSPS) is 14.5. The minimum absolute atomic E-state index is 0.567. The van der Waals surface area contributed by atoms with E-state index in [-0.39, 0.29) is 0 Å². The molecule has 3 heterocycles. The molecule has 0 radical (unpaired) electrons. The summed E-state index contributed by atoms with van der Waals surface area (Å²) in [4.78, 5) is 13.0. The first-order valence-corrected chi connectivity index (χ1v) is 7.07. The van der Waals surface area contributed by atoms with E-state index in [2.05, 4.69) is 25.4 Å². The third-order valence-corrected chi connectivity index (χ3v) is 3.61. The third kappa shape index (κ3) is 2.44. The van der Waals surface area contributed by atoms with Crippen molar-refractivity contribution in [3.05, 3.63) is 41.7 Å². The van der Waals surface area contributed by atoms with Gasteiger partial charge >= 0.3 is 0 Å². The lowest BCUT2D eigenvalue weighted by Gasteiger charge is -2.06. The number of rotatable bonds is 4. The number of hydrogen-bond donors (Lipinski definition) is 1. The van der Waals surface area contributed by atoms with Crippen molar-refractivity contribution in [2.45, 2.75) is 32.2 Å². The highest BCUT2D eigenvalue weighted by Crippen LogP contribution is 2.40. The minimum Gasteiger partial charge on any atom is -0.362 e. The molecule has 0 unspecified atom stereocenters. The number of anilines is 1. The lowest BCUT2D eigenvalue weighted by atomic mass is 10.3. The van der Waals surface area contributed by atoms with Gasteiger partial charge in [-0.3, -0.25) is 0 Å². The van der Waals surface area contributed by atoms with Gasteiger partial charge in [-0.25, -0.2) is 15.0 Å². The molecule has 0 bridgehead atoms. The summed E-state index contributed by atoms with van der Waals surface area (Å²) >= 11 is 0. The average molecular weight is 281 g/mol. The van der Waals surface area contributed by atoms with Crippen LogP contribution >= 0.6 is 0 Å². The molecule has 0 saturated heterocycles. The summed E-state index contributed by atoms with van der Waals surface area (Å²) in [5.41, 5.74) is 3.44. The fourth-order valence-corrected chi connectivity index (χ4v) is 2.31. The van der Waals surface area contributed by atoms with Crippen LogP contribution in [0.1, 0.15) is 35.9 Å². The van der Waals surface area contributed by atoms with Gasteiger partial charge in [0, 0.05) is 17.7 Å². The lowest BCUT2D eigenvalue weighted by Crippen LogP contribution is -2.04. The molecule has 106 valence electrons. The van der Waals surface area contributed by atoms with Crippen molar-refractivity contribution in [1.82, 2.24) is 20.1 Å². The van der Waals surface area contributed by atoms with Crippen molar-refractivity contribution in [2.24, 2.45) is 0 Å². The second-order valence-corrected chi connectivity index (χ2v) is 5.39. The van der Waals surface area contributed by atoms with E-state index >= 15 is 0 Å². The van der Waals surface area contributed by atoms with Crippen molar-refractivity contribution in [3.8, 4) is 0 Å². The molecular formula is C15H15N5O. The zero-order valence-electron chi connectivity index (χ0n) is 11.7. The van der Waals surface area contributed by atoms with E-state index in [0.717, 1.165) is 34.0 Å². The summed E-state index contributed by atoms with van der Waals surface area (Å²) in [7, 11) is 0. The Kier molecular flexibility index (Phi) is 2.80. The molecule has 0 amide bonds. The van der Waals surface area contributed by atoms with Gasteiger partial charge in [-0.2, -0.15) is 0 Å². The summed E-state index contributed by atoms with van der Waals surface area (Å²) < 4.78 is 5.35. The predicted molar refractivity (Wildman–Crippen MR) is 77.9 cm³/mol. The monoisotopic (exact) mass is 281 g/mol. The van der Waals surface area contributed by atoms with Crippen LogP contribution in [0.5, 0.6) is 0 Å². The maximum Gasteiger partial charge on any atom is 0.156 e. The van der Waals surface area contributed by atoms with Crippen LogP contribution in [0, 0.1) is 6.92 Å². The molecule has 3 aromatic heterocycles. The van der Waals surface area contributed by atoms with Gasteiger partial charge in [0.1, 0.15) is 23.3 Å². The molecule has 1 N–H and O–H groups in total. The van der Waals surface area contributed by atoms with E-state index in [9.17, 15) is 0 Å². The largest absolute Gasteiger partial charge is 0.362 e. The maximum absolute atomic E-state index is 5.35. The number of aromatic nitrogens is 4. The summed E-state index contributed by atoms with van der Waals surface area (Å²) in [5, 5.41) is 7.36. The highest BCUT2D eigenvalue weighted by atomic mass is 16.5. The number of hydrogen-bond acceptors (Lipinski definition) is 6. The quantitative estimate of drug-likeness (QED) is 0.792. The number of nitrogens with one attached hydrogen (secondary N) is 1. The van der Waals surface area contributed by atoms with Crippen molar-refractivity contribution in [3.63, 3.8) is 0 Å². The van der Waals surface area contributed by atoms with Gasteiger partial charge in [0.05, 0.1) is 12.1 Å². The highest BCUT2D eigenvalue weighted by molar-refractivity contribution is 5.84. The topological polar surface area (TPSA) is 76.7 Å². The van der Waals surface area contributed by atoms with Crippen LogP contribution in [0.3, 0.4) is 0 Å². The van der Waals surface area contributed by atoms with Crippen LogP contribution in [0.2, 0.25) is 0 Å². The summed E-state index contributed by atoms with van der Waals surface area (Å²) in [6.07, 6.45) is 3.96. The van der Waals surface area contributed by atoms with Gasteiger partial charge in [0.15, 0.2) is 5.82 Å². The average Bonchev–Trinajstić information content (AvgIpc) is 3.24. The molecule has 1 saturated carbocycles. The molecule has 3 aromatic rings. The van der Waals surface area contributed by atoms with E-state index < -0.39 is 0 Å². The number of nitrogens with zero attached hydrogens (tertiary/aromatic N) is 4. The number of fused-ring (bicyclic) bond motifs is 1. The first-order valence-electron chi connectivity index (χ1n) is 7.07. The smallest absolute Gasteiger partial charge is 0.156 e. The van der Waals surface area contributed by atoms with E-state index in [0.29, 0.717) is 12.5 Å². The van der Waals surface area contributed by atoms with Crippen LogP contribution in [-0.4, -0.2) is 20.1 Å². The Balaban J connectivity index is 1.57. The maximum atomic E-state index is 5.35. The Morgan fingerprint density at radius 2 is 2.19 bits per heavy atom. The van der Waals surface area contributed by atoms with Crippen molar-refractivity contribution >= 4 is 16.9 Å². The fraction of sp³-hybridized carbons (Fsp3) is 0.333. The Morgan fingerprint density at radius 3 is 3.05 bits per heavy atom. The Hall–Kier alpha value is -2.50. The Labute approximate surface area is 121 Å². The van der Waals surface area contributed by atoms with Crippen LogP contribution in [-0.2, 0) is 6.54 Å². The molecule has 6 nitrogen and oxygen atoms in total. The molecule has 6 heteroatoms. The Bertz CT molecular complexity index is 794. The molecule has 0 spiro atoms. The third-order valence-electron chi connectivity index (χ3n) is 3.61. The van der Waals surface area contributed by atoms with Crippen LogP contribution in [0.4, 0.5) is 5.82 Å². The molecular weight excluding hydrogens is 266 g/mol. The molecule has 0 atom stereocenters. The van der Waals surface area contributed by atoms with Gasteiger partial charge in [-0.15, -0.1) is 0 Å². The fourth-order valence-electron chi connectivity index (χ4n) is 2.31. The first kappa shape index (κ1) is 12.3. The predicted octanol–water partition coefficient (Wildman–Crippen LogP) is 2.81. The van der Waals surface area contributed by atoms with Crippen molar-refractivity contribution in [2.75, 3.05) is 5.32 Å². The molecule has 0 aliphatic heterocycles. The van der Waals surface area contributed by atoms with Crippen LogP contribution < -0.4 is 5.32 Å². The van der Waals surface area contributed by atoms with Gasteiger partial charge < -0.3 is 9.84 Å². The van der Waals surface area contributed by atoms with E-state index in [1.807, 2.05) is 25.1 Å². The summed E-state index contributed by atoms with van der Waals surface area (Å²) in [6, 6.07) is 5.91. The first-order chi connectivity index (χ1) is 10.3. The highest BCUT2D eigenvalue weighted by Gasteiger charge is 2.27. The van der Waals surface area contributed by atoms with Gasteiger partial charge in [0.25, 0.3) is 0 Å². The van der Waals surface area contributed by atoms with Crippen LogP contribution in [0.15, 0.2) is 29.0 Å². The summed E-state index contributed by atoms with van der Waals surface area (Å²) in [5.74, 6) is 2.29. The standard InChI is InChI=1S/C15H15N5O/c1-9-2-5-12-14(19-9)15(18-8-17-12)16-7-11-6-13(21-20-11)10-3-4-10/h2,5-6,8,10H,3-4,7H2,1H3,(H,16,17,18). The minimum atomic E-state index is 0.567. The molecule has 1 fully saturated rings. The van der Waals surface area contributed by atoms with E-state index in [1.165, 1.54) is 12.8 Å². The SMILES string of the molecule is Cc1ccc2ncnc(NCc3cc(C4CC4)on3)c2n1. The van der Waals surface area contributed by atoms with Gasteiger partial charge in [-0.1, -0.05) is 5.16 Å². The van der Waals surface area contributed by atoms with E-state index in [4.69, 9.17) is 4.52 Å². The zero-order chi connectivity index (χ0) is 14.2. The second-order valence-electron chi connectivity index (χ2n) is 5.39. The molecule has 1 aliphatic rings. The molecule has 4 rings (SSSR count). The van der Waals surface area contributed by atoms with Gasteiger partial charge in [-0.05, 0) is 31.9 Å². The lowest BCUT2D eigenvalue weighted by molar-refractivity contribution is 0.379. The molecule has 1 aliphatic carbocycles. The molecule has 21 heavy (non-hydrogen) atoms. The van der Waals surface area contributed by atoms with Crippen molar-refractivity contribution in [1.29, 1.82) is 0 Å². The van der Waals surface area contributed by atoms with Crippen LogP contribution in [0.25, 0.3) is 11.0 Å². The van der Waals surface area contributed by atoms with Crippen molar-refractivity contribution < 1.29 is 4.52 Å². The zero-order valence-corrected chi connectivity index (χ0v) is 11.7. The number of pyridine rings is 1. The van der Waals surface area contributed by atoms with E-state index in [1.54, 1.807) is 6.33 Å². The second kappa shape index (κ2) is 4.80. The number of aryl methyl sites for hydroxylation is 1. The summed E-state index contributed by atoms with van der Waals surface area (Å²) in [6.45, 7) is 2.52. The Morgan fingerprint density at radius 1 is 1.29 bits per heavy atom.